The van der Waals surface area contributed by atoms with E-state index in [1.165, 1.54) is 25.7 Å². The number of carbonyl (C=O) groups excluding carboxylic acids is 3. The van der Waals surface area contributed by atoms with Gasteiger partial charge in [0.05, 0.1) is 0 Å². The van der Waals surface area contributed by atoms with Gasteiger partial charge in [-0.15, -0.1) is 0 Å². The van der Waals surface area contributed by atoms with Crippen molar-refractivity contribution in [1.82, 2.24) is 15.1 Å². The standard InChI is InChI=1S/C26H33N3O5/c30-24-8-7-22(25(31)27-24)29-14-17-11-19(5-6-20(17)26(29)32)34-23-4-2-1-3-21(23)28-12-18(13-28)16-9-10-33-15-16/h5-6,11,16,18,21-23H,1-4,7-10,12-15H2,(H,27,30,31)/t16?,21-,22?,23-/m0/s1. The van der Waals surface area contributed by atoms with Crippen molar-refractivity contribution in [3.8, 4) is 5.75 Å². The normalized spacial score (nSPS) is 32.5. The van der Waals surface area contributed by atoms with Crippen LogP contribution in [0.4, 0.5) is 0 Å². The first-order valence-electron chi connectivity index (χ1n) is 12.8. The van der Waals surface area contributed by atoms with E-state index in [1.807, 2.05) is 18.2 Å². The quantitative estimate of drug-likeness (QED) is 0.668. The Balaban J connectivity index is 1.11. The molecule has 4 fully saturated rings. The van der Waals surface area contributed by atoms with Gasteiger partial charge in [-0.3, -0.25) is 24.6 Å². The second kappa shape index (κ2) is 8.96. The smallest absolute Gasteiger partial charge is 0.255 e. The van der Waals surface area contributed by atoms with Crippen molar-refractivity contribution in [2.75, 3.05) is 26.3 Å². The third-order valence-corrected chi connectivity index (χ3v) is 8.49. The van der Waals surface area contributed by atoms with Crippen LogP contribution in [0, 0.1) is 11.8 Å². The Morgan fingerprint density at radius 2 is 1.85 bits per heavy atom. The molecule has 3 saturated heterocycles. The number of piperidine rings is 1. The number of nitrogens with zero attached hydrogens (tertiary/aromatic N) is 2. The Kier molecular flexibility index (Phi) is 5.81. The van der Waals surface area contributed by atoms with Gasteiger partial charge in [-0.25, -0.2) is 0 Å². The minimum Gasteiger partial charge on any atom is -0.489 e. The third kappa shape index (κ3) is 4.01. The number of hydrogen-bond donors (Lipinski definition) is 1. The van der Waals surface area contributed by atoms with Gasteiger partial charge < -0.3 is 14.4 Å². The van der Waals surface area contributed by atoms with Crippen molar-refractivity contribution in [1.29, 1.82) is 0 Å². The predicted octanol–water partition coefficient (Wildman–Crippen LogP) is 2.11. The zero-order valence-electron chi connectivity index (χ0n) is 19.5. The number of nitrogens with one attached hydrogen (secondary N) is 1. The van der Waals surface area contributed by atoms with Crippen LogP contribution >= 0.6 is 0 Å². The van der Waals surface area contributed by atoms with Gasteiger partial charge in [0, 0.05) is 50.9 Å². The van der Waals surface area contributed by atoms with Gasteiger partial charge in [-0.05, 0) is 67.7 Å². The van der Waals surface area contributed by atoms with E-state index in [0.29, 0.717) is 24.6 Å². The van der Waals surface area contributed by atoms with Crippen LogP contribution in [0.15, 0.2) is 18.2 Å². The summed E-state index contributed by atoms with van der Waals surface area (Å²) >= 11 is 0. The molecule has 0 radical (unpaired) electrons. The number of likely N-dealkylation sites (tertiary alicyclic amines) is 1. The highest BCUT2D eigenvalue weighted by Crippen LogP contribution is 2.37. The van der Waals surface area contributed by atoms with Crippen molar-refractivity contribution in [3.63, 3.8) is 0 Å². The summed E-state index contributed by atoms with van der Waals surface area (Å²) in [4.78, 5) is 40.9. The zero-order valence-corrected chi connectivity index (χ0v) is 19.5. The maximum atomic E-state index is 13.0. The van der Waals surface area contributed by atoms with Crippen LogP contribution in [-0.2, 0) is 20.9 Å². The zero-order chi connectivity index (χ0) is 23.2. The first kappa shape index (κ1) is 22.0. The summed E-state index contributed by atoms with van der Waals surface area (Å²) in [7, 11) is 0. The average molecular weight is 468 g/mol. The molecule has 2 unspecified atom stereocenters. The third-order valence-electron chi connectivity index (χ3n) is 8.49. The topological polar surface area (TPSA) is 88.2 Å². The molecule has 1 aromatic carbocycles. The largest absolute Gasteiger partial charge is 0.489 e. The Hall–Kier alpha value is -2.45. The SMILES string of the molecule is O=C1CCC(N2Cc3cc(O[C@H]4CCCC[C@@H]4N4CC(C5CCOC5)C4)ccc3C2=O)C(=O)N1. The lowest BCUT2D eigenvalue weighted by Crippen LogP contribution is -2.59. The van der Waals surface area contributed by atoms with Crippen LogP contribution in [0.1, 0.15) is 60.9 Å². The molecule has 34 heavy (non-hydrogen) atoms. The molecule has 8 heteroatoms. The Labute approximate surface area is 199 Å². The second-order valence-corrected chi connectivity index (χ2v) is 10.6. The molecule has 8 nitrogen and oxygen atoms in total. The van der Waals surface area contributed by atoms with Crippen molar-refractivity contribution in [3.05, 3.63) is 29.3 Å². The van der Waals surface area contributed by atoms with Gasteiger partial charge in [0.2, 0.25) is 11.8 Å². The number of carbonyl (C=O) groups is 3. The minimum atomic E-state index is -0.589. The molecule has 1 aliphatic carbocycles. The van der Waals surface area contributed by atoms with Gasteiger partial charge in [-0.2, -0.15) is 0 Å². The maximum Gasteiger partial charge on any atom is 0.255 e. The Morgan fingerprint density at radius 1 is 1.00 bits per heavy atom. The number of imide groups is 1. The summed E-state index contributed by atoms with van der Waals surface area (Å²) < 4.78 is 12.1. The number of hydrogen-bond acceptors (Lipinski definition) is 6. The fourth-order valence-electron chi connectivity index (χ4n) is 6.47. The van der Waals surface area contributed by atoms with E-state index in [4.69, 9.17) is 9.47 Å². The molecule has 182 valence electrons. The van der Waals surface area contributed by atoms with Crippen LogP contribution < -0.4 is 10.1 Å². The predicted molar refractivity (Wildman–Crippen MR) is 123 cm³/mol. The molecule has 1 saturated carbocycles. The maximum absolute atomic E-state index is 13.0. The van der Waals surface area contributed by atoms with E-state index in [9.17, 15) is 14.4 Å². The summed E-state index contributed by atoms with van der Waals surface area (Å²) in [6.07, 6.45) is 6.66. The molecule has 1 N–H and O–H groups in total. The average Bonchev–Trinajstić information content (AvgIpc) is 3.42. The first-order valence-corrected chi connectivity index (χ1v) is 12.8. The summed E-state index contributed by atoms with van der Waals surface area (Å²) in [6, 6.07) is 5.55. The van der Waals surface area contributed by atoms with Crippen LogP contribution in [0.25, 0.3) is 0 Å². The van der Waals surface area contributed by atoms with E-state index < -0.39 is 6.04 Å². The number of amides is 3. The van der Waals surface area contributed by atoms with Gasteiger partial charge >= 0.3 is 0 Å². The fraction of sp³-hybridized carbons (Fsp3) is 0.654. The number of rotatable bonds is 5. The summed E-state index contributed by atoms with van der Waals surface area (Å²) in [6.45, 7) is 4.52. The molecule has 0 spiro atoms. The molecule has 0 aromatic heterocycles. The molecule has 4 aliphatic heterocycles. The highest BCUT2D eigenvalue weighted by Gasteiger charge is 2.43. The molecule has 1 aromatic rings. The lowest BCUT2D eigenvalue weighted by Gasteiger charge is -2.50. The highest BCUT2D eigenvalue weighted by atomic mass is 16.5. The van der Waals surface area contributed by atoms with Gasteiger partial charge in [0.1, 0.15) is 17.9 Å². The summed E-state index contributed by atoms with van der Waals surface area (Å²) in [5.74, 6) is 1.49. The molecular formula is C26H33N3O5. The lowest BCUT2D eigenvalue weighted by atomic mass is 9.81. The van der Waals surface area contributed by atoms with E-state index in [2.05, 4.69) is 10.2 Å². The van der Waals surface area contributed by atoms with Gasteiger partial charge in [-0.1, -0.05) is 6.42 Å². The van der Waals surface area contributed by atoms with Gasteiger partial charge in [0.25, 0.3) is 5.91 Å². The van der Waals surface area contributed by atoms with E-state index in [1.54, 1.807) is 4.90 Å². The molecular weight excluding hydrogens is 434 g/mol. The number of fused-ring (bicyclic) bond motifs is 1. The summed E-state index contributed by atoms with van der Waals surface area (Å²) in [5, 5.41) is 2.36. The molecule has 6 rings (SSSR count). The first-order chi connectivity index (χ1) is 16.6. The monoisotopic (exact) mass is 467 g/mol. The molecule has 4 atom stereocenters. The fourth-order valence-corrected chi connectivity index (χ4v) is 6.47. The van der Waals surface area contributed by atoms with Crippen LogP contribution in [-0.4, -0.2) is 72.0 Å². The van der Waals surface area contributed by atoms with E-state index in [-0.39, 0.29) is 30.2 Å². The number of benzene rings is 1. The Bertz CT molecular complexity index is 985. The molecule has 4 heterocycles. The highest BCUT2D eigenvalue weighted by molar-refractivity contribution is 6.05. The van der Waals surface area contributed by atoms with Crippen molar-refractivity contribution < 1.29 is 23.9 Å². The minimum absolute atomic E-state index is 0.144. The van der Waals surface area contributed by atoms with Crippen LogP contribution in [0.3, 0.4) is 0 Å². The van der Waals surface area contributed by atoms with Crippen LogP contribution in [0.2, 0.25) is 0 Å². The van der Waals surface area contributed by atoms with Gasteiger partial charge in [0.15, 0.2) is 0 Å². The molecule has 3 amide bonds. The van der Waals surface area contributed by atoms with Crippen molar-refractivity contribution >= 4 is 17.7 Å². The molecule has 0 bridgehead atoms. The summed E-state index contributed by atoms with van der Waals surface area (Å²) in [5.41, 5.74) is 1.52. The number of ether oxygens (including phenoxy) is 2. The van der Waals surface area contributed by atoms with Crippen molar-refractivity contribution in [2.24, 2.45) is 11.8 Å². The molecule has 5 aliphatic rings. The second-order valence-electron chi connectivity index (χ2n) is 10.6. The van der Waals surface area contributed by atoms with E-state index in [0.717, 1.165) is 55.9 Å². The van der Waals surface area contributed by atoms with Crippen molar-refractivity contribution in [2.45, 2.75) is 69.7 Å². The Morgan fingerprint density at radius 3 is 2.65 bits per heavy atom. The van der Waals surface area contributed by atoms with E-state index >= 15 is 0 Å². The lowest BCUT2D eigenvalue weighted by molar-refractivity contribution is -0.136. The van der Waals surface area contributed by atoms with Crippen LogP contribution in [0.5, 0.6) is 5.75 Å².